The molecule has 0 aliphatic heterocycles. The van der Waals surface area contributed by atoms with E-state index in [1.807, 2.05) is 56.3 Å². The number of hydrogen-bond donors (Lipinski definition) is 2. The summed E-state index contributed by atoms with van der Waals surface area (Å²) < 4.78 is 1.71. The monoisotopic (exact) mass is 405 g/mol. The van der Waals surface area contributed by atoms with E-state index in [4.69, 9.17) is 5.73 Å². The van der Waals surface area contributed by atoms with E-state index >= 15 is 0 Å². The molecule has 0 saturated carbocycles. The van der Waals surface area contributed by atoms with Gasteiger partial charge in [0.1, 0.15) is 5.82 Å². The Bertz CT molecular complexity index is 1110. The van der Waals surface area contributed by atoms with Gasteiger partial charge in [-0.05, 0) is 59.7 Å². The number of aryl methyl sites for hydroxylation is 2. The first kappa shape index (κ1) is 18.8. The molecule has 0 aliphatic carbocycles. The Morgan fingerprint density at radius 1 is 1.00 bits per heavy atom. The van der Waals surface area contributed by atoms with Crippen molar-refractivity contribution in [1.82, 2.24) is 35.2 Å². The Balaban J connectivity index is 1.52. The zero-order valence-electron chi connectivity index (χ0n) is 15.9. The van der Waals surface area contributed by atoms with Crippen LogP contribution < -0.4 is 11.1 Å². The Morgan fingerprint density at radius 2 is 1.76 bits per heavy atom. The minimum absolute atomic E-state index is 0.155. The van der Waals surface area contributed by atoms with Crippen LogP contribution >= 0.6 is 11.8 Å². The van der Waals surface area contributed by atoms with Crippen LogP contribution in [0.2, 0.25) is 0 Å². The van der Waals surface area contributed by atoms with Gasteiger partial charge in [0, 0.05) is 5.69 Å². The topological polar surface area (TPSA) is 120 Å². The van der Waals surface area contributed by atoms with Crippen molar-refractivity contribution >= 4 is 29.3 Å². The predicted octanol–water partition coefficient (Wildman–Crippen LogP) is 3.08. The van der Waals surface area contributed by atoms with Gasteiger partial charge in [0.2, 0.25) is 17.1 Å². The molecule has 3 N–H and O–H groups in total. The molecule has 0 saturated heterocycles. The van der Waals surface area contributed by atoms with E-state index in [2.05, 4.69) is 41.9 Å². The minimum atomic E-state index is 0.155. The molecule has 0 bridgehead atoms. The second-order valence-corrected chi connectivity index (χ2v) is 7.37. The molecule has 2 aromatic carbocycles. The Labute approximate surface area is 171 Å². The number of para-hydroxylation sites is 1. The van der Waals surface area contributed by atoms with Gasteiger partial charge in [0.05, 0.1) is 11.4 Å². The molecule has 0 unspecified atom stereocenters. The molecule has 0 aliphatic rings. The van der Waals surface area contributed by atoms with Gasteiger partial charge in [-0.3, -0.25) is 0 Å². The Morgan fingerprint density at radius 3 is 2.52 bits per heavy atom. The average molecular weight is 405 g/mol. The number of anilines is 3. The van der Waals surface area contributed by atoms with Crippen LogP contribution in [0.4, 0.5) is 17.6 Å². The van der Waals surface area contributed by atoms with E-state index in [1.54, 1.807) is 4.68 Å². The summed E-state index contributed by atoms with van der Waals surface area (Å²) in [6.45, 7) is 4.09. The highest BCUT2D eigenvalue weighted by atomic mass is 32.2. The van der Waals surface area contributed by atoms with Gasteiger partial charge in [0.15, 0.2) is 0 Å². The van der Waals surface area contributed by atoms with Crippen LogP contribution in [0.5, 0.6) is 0 Å². The normalized spacial score (nSPS) is 10.8. The van der Waals surface area contributed by atoms with Crippen LogP contribution in [-0.4, -0.2) is 35.2 Å². The number of hydrogen-bond acceptors (Lipinski definition) is 9. The second kappa shape index (κ2) is 8.23. The molecule has 4 aromatic rings. The van der Waals surface area contributed by atoms with Gasteiger partial charge >= 0.3 is 0 Å². The van der Waals surface area contributed by atoms with Crippen molar-refractivity contribution in [2.75, 3.05) is 11.1 Å². The maximum atomic E-state index is 5.86. The molecule has 0 amide bonds. The van der Waals surface area contributed by atoms with E-state index in [-0.39, 0.29) is 5.95 Å². The molecule has 29 heavy (non-hydrogen) atoms. The van der Waals surface area contributed by atoms with Crippen LogP contribution in [-0.2, 0) is 5.75 Å². The maximum absolute atomic E-state index is 5.86. The van der Waals surface area contributed by atoms with E-state index in [9.17, 15) is 0 Å². The first-order chi connectivity index (χ1) is 14.1. The zero-order valence-corrected chi connectivity index (χ0v) is 16.8. The third-order valence-corrected chi connectivity index (χ3v) is 4.87. The fraction of sp³-hybridized carbons (Fsp3) is 0.158. The third-order valence-electron chi connectivity index (χ3n) is 3.95. The lowest BCUT2D eigenvalue weighted by Gasteiger charge is -2.08. The number of rotatable bonds is 6. The highest BCUT2D eigenvalue weighted by molar-refractivity contribution is 7.98. The van der Waals surface area contributed by atoms with Crippen LogP contribution in [0.3, 0.4) is 0 Å². The summed E-state index contributed by atoms with van der Waals surface area (Å²) in [5, 5.41) is 15.8. The molecule has 0 atom stereocenters. The number of benzene rings is 2. The molecule has 0 fully saturated rings. The number of aromatic nitrogens is 7. The zero-order chi connectivity index (χ0) is 20.2. The molecule has 4 rings (SSSR count). The molecular weight excluding hydrogens is 386 g/mol. The van der Waals surface area contributed by atoms with Crippen molar-refractivity contribution < 1.29 is 0 Å². The smallest absolute Gasteiger partial charge is 0.232 e. The van der Waals surface area contributed by atoms with Crippen molar-refractivity contribution in [3.05, 3.63) is 65.5 Å². The lowest BCUT2D eigenvalue weighted by molar-refractivity contribution is 0.754. The highest BCUT2D eigenvalue weighted by Crippen LogP contribution is 2.23. The number of nitrogens with one attached hydrogen (secondary N) is 1. The molecule has 2 aromatic heterocycles. The van der Waals surface area contributed by atoms with E-state index in [1.165, 1.54) is 11.8 Å². The molecular formula is C19H19N9S. The third kappa shape index (κ3) is 4.66. The largest absolute Gasteiger partial charge is 0.368 e. The fourth-order valence-electron chi connectivity index (χ4n) is 2.84. The summed E-state index contributed by atoms with van der Waals surface area (Å²) in [6.07, 6.45) is 0. The summed E-state index contributed by atoms with van der Waals surface area (Å²) >= 11 is 1.43. The summed E-state index contributed by atoms with van der Waals surface area (Å²) in [5.74, 6) is 1.54. The lowest BCUT2D eigenvalue weighted by Crippen LogP contribution is -2.07. The van der Waals surface area contributed by atoms with Crippen molar-refractivity contribution in [3.63, 3.8) is 0 Å². The van der Waals surface area contributed by atoms with Crippen molar-refractivity contribution in [2.45, 2.75) is 24.8 Å². The number of nitrogen functional groups attached to an aromatic ring is 1. The number of thioether (sulfide) groups is 1. The molecule has 9 nitrogen and oxygen atoms in total. The standard InChI is InChI=1S/C19H19N9S/c1-12-8-13(2)10-15(9-12)28-19(25-26-27-28)29-11-16-22-17(20)24-18(23-16)21-14-6-4-3-5-7-14/h3-10H,11H2,1-2H3,(H3,20,21,22,23,24). The van der Waals surface area contributed by atoms with Crippen molar-refractivity contribution in [2.24, 2.45) is 0 Å². The highest BCUT2D eigenvalue weighted by Gasteiger charge is 2.12. The van der Waals surface area contributed by atoms with Gasteiger partial charge < -0.3 is 11.1 Å². The van der Waals surface area contributed by atoms with Gasteiger partial charge in [-0.2, -0.15) is 19.6 Å². The van der Waals surface area contributed by atoms with Crippen molar-refractivity contribution in [1.29, 1.82) is 0 Å². The Kier molecular flexibility index (Phi) is 5.34. The van der Waals surface area contributed by atoms with Gasteiger partial charge in [0.25, 0.3) is 0 Å². The molecule has 2 heterocycles. The summed E-state index contributed by atoms with van der Waals surface area (Å²) in [6, 6.07) is 15.8. The quantitative estimate of drug-likeness (QED) is 0.466. The van der Waals surface area contributed by atoms with Crippen LogP contribution in [0.1, 0.15) is 17.0 Å². The Hall–Kier alpha value is -3.53. The summed E-state index contributed by atoms with van der Waals surface area (Å²) in [7, 11) is 0. The maximum Gasteiger partial charge on any atom is 0.232 e. The summed E-state index contributed by atoms with van der Waals surface area (Å²) in [4.78, 5) is 12.8. The number of nitrogens with zero attached hydrogens (tertiary/aromatic N) is 7. The van der Waals surface area contributed by atoms with E-state index in [0.717, 1.165) is 22.5 Å². The van der Waals surface area contributed by atoms with E-state index in [0.29, 0.717) is 22.7 Å². The minimum Gasteiger partial charge on any atom is -0.368 e. The number of tetrazole rings is 1. The van der Waals surface area contributed by atoms with Gasteiger partial charge in [-0.25, -0.2) is 0 Å². The van der Waals surface area contributed by atoms with Crippen molar-refractivity contribution in [3.8, 4) is 5.69 Å². The first-order valence-corrected chi connectivity index (χ1v) is 9.88. The van der Waals surface area contributed by atoms with Crippen LogP contribution in [0, 0.1) is 13.8 Å². The SMILES string of the molecule is Cc1cc(C)cc(-n2nnnc2SCc2nc(N)nc(Nc3ccccc3)n2)c1. The second-order valence-electron chi connectivity index (χ2n) is 6.43. The molecule has 146 valence electrons. The van der Waals surface area contributed by atoms with E-state index < -0.39 is 0 Å². The predicted molar refractivity (Wildman–Crippen MR) is 112 cm³/mol. The lowest BCUT2D eigenvalue weighted by atomic mass is 10.1. The summed E-state index contributed by atoms with van der Waals surface area (Å²) in [5.41, 5.74) is 9.94. The fourth-order valence-corrected chi connectivity index (χ4v) is 3.59. The number of nitrogens with two attached hydrogens (primary N) is 1. The molecule has 0 spiro atoms. The average Bonchev–Trinajstić information content (AvgIpc) is 3.15. The molecule has 0 radical (unpaired) electrons. The van der Waals surface area contributed by atoms with Gasteiger partial charge in [-0.1, -0.05) is 36.0 Å². The van der Waals surface area contributed by atoms with Crippen LogP contribution in [0.25, 0.3) is 5.69 Å². The van der Waals surface area contributed by atoms with Gasteiger partial charge in [-0.15, -0.1) is 5.10 Å². The first-order valence-electron chi connectivity index (χ1n) is 8.89. The van der Waals surface area contributed by atoms with Crippen LogP contribution in [0.15, 0.2) is 53.7 Å². The molecule has 10 heteroatoms.